The largest absolute Gasteiger partial charge is 0.343 e. The highest BCUT2D eigenvalue weighted by molar-refractivity contribution is 6.30. The zero-order valence-corrected chi connectivity index (χ0v) is 18.2. The maximum atomic E-state index is 13.2. The molecule has 1 amide bonds. The highest BCUT2D eigenvalue weighted by Crippen LogP contribution is 2.29. The normalized spacial score (nSPS) is 15.8. The summed E-state index contributed by atoms with van der Waals surface area (Å²) in [6.07, 6.45) is 5.71. The fourth-order valence-corrected chi connectivity index (χ4v) is 4.50. The summed E-state index contributed by atoms with van der Waals surface area (Å²) in [6, 6.07) is 13.5. The van der Waals surface area contributed by atoms with Crippen molar-refractivity contribution in [2.45, 2.75) is 37.6 Å². The Hall–Kier alpha value is -3.33. The van der Waals surface area contributed by atoms with E-state index < -0.39 is 0 Å². The van der Waals surface area contributed by atoms with Gasteiger partial charge in [-0.2, -0.15) is 0 Å². The lowest BCUT2D eigenvalue weighted by Gasteiger charge is -2.32. The molecule has 9 nitrogen and oxygen atoms in total. The van der Waals surface area contributed by atoms with Crippen LogP contribution in [0.25, 0.3) is 5.65 Å². The summed E-state index contributed by atoms with van der Waals surface area (Å²) in [6.45, 7) is 1.95. The van der Waals surface area contributed by atoms with Crippen LogP contribution in [-0.4, -0.2) is 58.7 Å². The molecule has 1 atom stereocenters. The minimum Gasteiger partial charge on any atom is -0.343 e. The minimum absolute atomic E-state index is 0.0403. The number of tetrazole rings is 1. The number of benzene rings is 1. The van der Waals surface area contributed by atoms with Gasteiger partial charge in [0.05, 0.1) is 6.54 Å². The Balaban J connectivity index is 1.25. The van der Waals surface area contributed by atoms with Crippen molar-refractivity contribution in [1.29, 1.82) is 0 Å². The first-order valence-electron chi connectivity index (χ1n) is 10.7. The second-order valence-electron chi connectivity index (χ2n) is 8.13. The summed E-state index contributed by atoms with van der Waals surface area (Å²) in [5.74, 6) is 1.37. The molecule has 0 spiro atoms. The maximum Gasteiger partial charge on any atom is 0.223 e. The highest BCUT2D eigenvalue weighted by Gasteiger charge is 2.28. The number of nitrogens with zero attached hydrogens (tertiary/aromatic N) is 8. The van der Waals surface area contributed by atoms with Crippen molar-refractivity contribution in [3.63, 3.8) is 0 Å². The zero-order chi connectivity index (χ0) is 21.9. The molecule has 0 aliphatic carbocycles. The number of pyridine rings is 1. The maximum absolute atomic E-state index is 13.2. The number of carbonyl (C=O) groups is 1. The fourth-order valence-electron chi connectivity index (χ4n) is 4.38. The third-order valence-electron chi connectivity index (χ3n) is 6.11. The van der Waals surface area contributed by atoms with E-state index in [0.717, 1.165) is 29.9 Å². The average Bonchev–Trinajstić information content (AvgIpc) is 3.49. The smallest absolute Gasteiger partial charge is 0.223 e. The van der Waals surface area contributed by atoms with E-state index in [1.165, 1.54) is 0 Å². The van der Waals surface area contributed by atoms with Gasteiger partial charge in [-0.3, -0.25) is 9.20 Å². The number of carbonyl (C=O) groups excluding carboxylic acids is 1. The number of aromatic nitrogens is 7. The van der Waals surface area contributed by atoms with Crippen molar-refractivity contribution in [1.82, 2.24) is 39.7 Å². The Morgan fingerprint density at radius 3 is 2.66 bits per heavy atom. The van der Waals surface area contributed by atoms with Crippen LogP contribution < -0.4 is 0 Å². The molecule has 3 aromatic heterocycles. The highest BCUT2D eigenvalue weighted by atomic mass is 35.5. The van der Waals surface area contributed by atoms with Crippen LogP contribution in [0.4, 0.5) is 0 Å². The van der Waals surface area contributed by atoms with Crippen LogP contribution in [0.5, 0.6) is 0 Å². The number of hydrogen-bond acceptors (Lipinski definition) is 6. The molecule has 0 radical (unpaired) electrons. The van der Waals surface area contributed by atoms with Crippen LogP contribution in [0, 0.1) is 0 Å². The first-order chi connectivity index (χ1) is 15.7. The molecule has 1 aliphatic rings. The molecule has 4 heterocycles. The zero-order valence-electron chi connectivity index (χ0n) is 17.5. The molecule has 1 unspecified atom stereocenters. The lowest BCUT2D eigenvalue weighted by atomic mass is 9.92. The van der Waals surface area contributed by atoms with Crippen molar-refractivity contribution in [3.05, 3.63) is 71.4 Å². The average molecular weight is 451 g/mol. The van der Waals surface area contributed by atoms with E-state index in [4.69, 9.17) is 11.6 Å². The van der Waals surface area contributed by atoms with E-state index in [1.54, 1.807) is 11.0 Å². The molecule has 10 heteroatoms. The van der Waals surface area contributed by atoms with Crippen LogP contribution in [-0.2, 0) is 11.3 Å². The summed E-state index contributed by atoms with van der Waals surface area (Å²) >= 11 is 6.05. The molecule has 32 heavy (non-hydrogen) atoms. The van der Waals surface area contributed by atoms with Crippen molar-refractivity contribution in [2.24, 2.45) is 0 Å². The number of hydrogen-bond donors (Lipinski definition) is 0. The summed E-state index contributed by atoms with van der Waals surface area (Å²) < 4.78 is 3.71. The Morgan fingerprint density at radius 1 is 1.09 bits per heavy atom. The van der Waals surface area contributed by atoms with Gasteiger partial charge in [0.15, 0.2) is 5.65 Å². The van der Waals surface area contributed by atoms with E-state index in [1.807, 2.05) is 58.0 Å². The molecule has 1 aromatic carbocycles. The lowest BCUT2D eigenvalue weighted by Crippen LogP contribution is -2.39. The van der Waals surface area contributed by atoms with Gasteiger partial charge in [-0.25, -0.2) is 4.68 Å². The number of amides is 1. The van der Waals surface area contributed by atoms with E-state index in [9.17, 15) is 4.79 Å². The molecule has 0 saturated carbocycles. The van der Waals surface area contributed by atoms with Crippen LogP contribution in [0.3, 0.4) is 0 Å². The first kappa shape index (κ1) is 20.6. The van der Waals surface area contributed by atoms with Gasteiger partial charge in [-0.1, -0.05) is 29.8 Å². The third-order valence-corrected chi connectivity index (χ3v) is 6.37. The first-order valence-corrected chi connectivity index (χ1v) is 11.1. The monoisotopic (exact) mass is 450 g/mol. The Labute approximate surface area is 190 Å². The summed E-state index contributed by atoms with van der Waals surface area (Å²) in [5.41, 5.74) is 1.90. The standard InChI is InChI=1S/C22H23ClN8O/c23-19-6-4-16(5-7-19)18(14-30-15-24-27-28-30)13-21(32)29-11-8-17(9-12-29)22-26-25-20-3-1-2-10-31(20)22/h1-7,10,15,17-18H,8-9,11-14H2. The third kappa shape index (κ3) is 4.34. The molecule has 1 saturated heterocycles. The Bertz CT molecular complexity index is 1180. The molecule has 1 aliphatic heterocycles. The van der Waals surface area contributed by atoms with Gasteiger partial charge in [0, 0.05) is 42.6 Å². The van der Waals surface area contributed by atoms with Crippen molar-refractivity contribution >= 4 is 23.2 Å². The quantitative estimate of drug-likeness (QED) is 0.448. The van der Waals surface area contributed by atoms with Gasteiger partial charge in [-0.05, 0) is 53.1 Å². The number of likely N-dealkylation sites (tertiary alicyclic amines) is 1. The van der Waals surface area contributed by atoms with Gasteiger partial charge in [-0.15, -0.1) is 15.3 Å². The van der Waals surface area contributed by atoms with Crippen molar-refractivity contribution in [2.75, 3.05) is 13.1 Å². The molecular weight excluding hydrogens is 428 g/mol. The second-order valence-corrected chi connectivity index (χ2v) is 8.56. The summed E-state index contributed by atoms with van der Waals surface area (Å²) in [4.78, 5) is 15.1. The molecular formula is C22H23ClN8O. The van der Waals surface area contributed by atoms with E-state index in [0.29, 0.717) is 37.0 Å². The molecule has 4 aromatic rings. The number of rotatable bonds is 6. The predicted molar refractivity (Wildman–Crippen MR) is 118 cm³/mol. The SMILES string of the molecule is O=C(CC(Cn1cnnn1)c1ccc(Cl)cc1)N1CCC(c2nnc3ccccn23)CC1. The van der Waals surface area contributed by atoms with Gasteiger partial charge in [0.25, 0.3) is 0 Å². The predicted octanol–water partition coefficient (Wildman–Crippen LogP) is 2.95. The topological polar surface area (TPSA) is 94.1 Å². The molecule has 1 fully saturated rings. The van der Waals surface area contributed by atoms with E-state index in [2.05, 4.69) is 25.7 Å². The van der Waals surface area contributed by atoms with Gasteiger partial charge in [0.1, 0.15) is 12.2 Å². The lowest BCUT2D eigenvalue weighted by molar-refractivity contribution is -0.132. The Morgan fingerprint density at radius 2 is 1.91 bits per heavy atom. The second kappa shape index (κ2) is 9.04. The molecule has 164 valence electrons. The summed E-state index contributed by atoms with van der Waals surface area (Å²) in [7, 11) is 0. The van der Waals surface area contributed by atoms with E-state index >= 15 is 0 Å². The van der Waals surface area contributed by atoms with Gasteiger partial charge >= 0.3 is 0 Å². The van der Waals surface area contributed by atoms with Crippen molar-refractivity contribution < 1.29 is 4.79 Å². The van der Waals surface area contributed by atoms with Gasteiger partial charge < -0.3 is 4.90 Å². The van der Waals surface area contributed by atoms with Crippen LogP contribution in [0.1, 0.15) is 42.5 Å². The number of halogens is 1. The van der Waals surface area contributed by atoms with Crippen LogP contribution in [0.2, 0.25) is 5.02 Å². The van der Waals surface area contributed by atoms with Crippen molar-refractivity contribution in [3.8, 4) is 0 Å². The fraction of sp³-hybridized carbons (Fsp3) is 0.364. The van der Waals surface area contributed by atoms with E-state index in [-0.39, 0.29) is 11.8 Å². The van der Waals surface area contributed by atoms with Crippen LogP contribution >= 0.6 is 11.6 Å². The number of fused-ring (bicyclic) bond motifs is 1. The molecule has 0 bridgehead atoms. The summed E-state index contributed by atoms with van der Waals surface area (Å²) in [5, 5.41) is 20.7. The molecule has 0 N–H and O–H groups in total. The van der Waals surface area contributed by atoms with Crippen LogP contribution in [0.15, 0.2) is 55.0 Å². The Kier molecular flexibility index (Phi) is 5.81. The van der Waals surface area contributed by atoms with Gasteiger partial charge in [0.2, 0.25) is 5.91 Å². The number of piperidine rings is 1. The minimum atomic E-state index is -0.0403. The molecule has 5 rings (SSSR count).